The molecule has 1 N–H and O–H groups in total. The van der Waals surface area contributed by atoms with Crippen LogP contribution in [0.1, 0.15) is 29.1 Å². The van der Waals surface area contributed by atoms with Crippen LogP contribution in [0.4, 0.5) is 5.13 Å². The standard InChI is InChI=1S/C19H20N4O2S2/c1-3-23(4-2)19-22-18-16(27-19)11-15(26-18)17(24)21-12-13-6-5-7-14(10-13)25-9-8-20/h5-7,10-11H,3-4,9,12H2,1-2H3,(H,21,24). The highest BCUT2D eigenvalue weighted by molar-refractivity contribution is 7.29. The number of hydrogen-bond acceptors (Lipinski definition) is 7. The first kappa shape index (κ1) is 19.1. The Morgan fingerprint density at radius 3 is 2.81 bits per heavy atom. The minimum absolute atomic E-state index is 0.00419. The average Bonchev–Trinajstić information content (AvgIpc) is 3.25. The highest BCUT2D eigenvalue weighted by atomic mass is 32.1. The molecule has 2 aromatic heterocycles. The largest absolute Gasteiger partial charge is 0.479 e. The molecule has 140 valence electrons. The Kier molecular flexibility index (Phi) is 6.27. The lowest BCUT2D eigenvalue weighted by Crippen LogP contribution is -2.22. The number of carbonyl (C=O) groups excluding carboxylic acids is 1. The molecule has 8 heteroatoms. The van der Waals surface area contributed by atoms with Gasteiger partial charge in [0.15, 0.2) is 11.7 Å². The van der Waals surface area contributed by atoms with E-state index in [-0.39, 0.29) is 12.5 Å². The smallest absolute Gasteiger partial charge is 0.261 e. The minimum Gasteiger partial charge on any atom is -0.479 e. The molecule has 2 heterocycles. The molecule has 0 atom stereocenters. The number of rotatable bonds is 8. The number of ether oxygens (including phenoxy) is 1. The maximum atomic E-state index is 12.5. The topological polar surface area (TPSA) is 78.2 Å². The summed E-state index contributed by atoms with van der Waals surface area (Å²) < 4.78 is 6.32. The van der Waals surface area contributed by atoms with Gasteiger partial charge in [0.2, 0.25) is 0 Å². The number of nitriles is 1. The molecule has 1 aromatic carbocycles. The zero-order valence-electron chi connectivity index (χ0n) is 15.2. The van der Waals surface area contributed by atoms with Crippen LogP contribution in [0.25, 0.3) is 9.53 Å². The minimum atomic E-state index is -0.113. The van der Waals surface area contributed by atoms with Crippen LogP contribution in [0.15, 0.2) is 30.3 Å². The number of thiophene rings is 1. The third kappa shape index (κ3) is 4.56. The number of carbonyl (C=O) groups is 1. The number of anilines is 1. The molecule has 0 aliphatic heterocycles. The van der Waals surface area contributed by atoms with E-state index in [2.05, 4.69) is 29.0 Å². The van der Waals surface area contributed by atoms with Crippen molar-refractivity contribution in [3.05, 3.63) is 40.8 Å². The second-order valence-electron chi connectivity index (χ2n) is 5.73. The van der Waals surface area contributed by atoms with Crippen LogP contribution in [0.2, 0.25) is 0 Å². The monoisotopic (exact) mass is 400 g/mol. The Morgan fingerprint density at radius 2 is 2.11 bits per heavy atom. The summed E-state index contributed by atoms with van der Waals surface area (Å²) in [5, 5.41) is 12.5. The van der Waals surface area contributed by atoms with Crippen molar-refractivity contribution < 1.29 is 9.53 Å². The normalized spacial score (nSPS) is 10.6. The van der Waals surface area contributed by atoms with Crippen LogP contribution >= 0.6 is 22.7 Å². The summed E-state index contributed by atoms with van der Waals surface area (Å²) in [5.74, 6) is 0.506. The number of fused-ring (bicyclic) bond motifs is 1. The highest BCUT2D eigenvalue weighted by Crippen LogP contribution is 2.34. The van der Waals surface area contributed by atoms with Crippen molar-refractivity contribution in [2.45, 2.75) is 20.4 Å². The summed E-state index contributed by atoms with van der Waals surface area (Å²) in [4.78, 5) is 20.9. The Morgan fingerprint density at radius 1 is 1.30 bits per heavy atom. The van der Waals surface area contributed by atoms with Crippen molar-refractivity contribution in [2.24, 2.45) is 0 Å². The zero-order chi connectivity index (χ0) is 19.2. The molecular formula is C19H20N4O2S2. The highest BCUT2D eigenvalue weighted by Gasteiger charge is 2.16. The van der Waals surface area contributed by atoms with Crippen molar-refractivity contribution in [3.63, 3.8) is 0 Å². The third-order valence-corrected chi connectivity index (χ3v) is 6.21. The number of nitrogens with zero attached hydrogens (tertiary/aromatic N) is 3. The first-order chi connectivity index (χ1) is 13.1. The van der Waals surface area contributed by atoms with E-state index < -0.39 is 0 Å². The van der Waals surface area contributed by atoms with Crippen molar-refractivity contribution >= 4 is 43.2 Å². The fourth-order valence-corrected chi connectivity index (χ4v) is 4.85. The number of aromatic nitrogens is 1. The fourth-order valence-electron chi connectivity index (χ4n) is 2.60. The first-order valence-electron chi connectivity index (χ1n) is 8.66. The Hall–Kier alpha value is -2.63. The SMILES string of the molecule is CCN(CC)c1nc2sc(C(=O)NCc3cccc(OCC#N)c3)cc2s1. The van der Waals surface area contributed by atoms with Crippen LogP contribution in [0.5, 0.6) is 5.75 Å². The van der Waals surface area contributed by atoms with E-state index in [1.165, 1.54) is 11.3 Å². The number of benzene rings is 1. The van der Waals surface area contributed by atoms with Crippen molar-refractivity contribution in [1.29, 1.82) is 5.26 Å². The molecule has 0 radical (unpaired) electrons. The van der Waals surface area contributed by atoms with E-state index in [4.69, 9.17) is 10.00 Å². The second kappa shape index (κ2) is 8.84. The molecule has 0 bridgehead atoms. The van der Waals surface area contributed by atoms with Crippen LogP contribution < -0.4 is 15.0 Å². The van der Waals surface area contributed by atoms with Gasteiger partial charge in [-0.25, -0.2) is 4.98 Å². The molecular weight excluding hydrogens is 380 g/mol. The molecule has 0 aliphatic rings. The average molecular weight is 401 g/mol. The molecule has 0 saturated heterocycles. The van der Waals surface area contributed by atoms with Crippen LogP contribution in [-0.2, 0) is 6.54 Å². The summed E-state index contributed by atoms with van der Waals surface area (Å²) in [6, 6.07) is 11.2. The zero-order valence-corrected chi connectivity index (χ0v) is 16.8. The second-order valence-corrected chi connectivity index (χ2v) is 7.77. The van der Waals surface area contributed by atoms with Crippen LogP contribution in [-0.4, -0.2) is 30.6 Å². The lowest BCUT2D eigenvalue weighted by atomic mass is 10.2. The third-order valence-electron chi connectivity index (χ3n) is 3.99. The molecule has 3 rings (SSSR count). The molecule has 1 amide bonds. The molecule has 6 nitrogen and oxygen atoms in total. The van der Waals surface area contributed by atoms with Crippen LogP contribution in [0.3, 0.4) is 0 Å². The summed E-state index contributed by atoms with van der Waals surface area (Å²) in [6.45, 7) is 6.45. The van der Waals surface area contributed by atoms with Crippen molar-refractivity contribution in [3.8, 4) is 11.8 Å². The first-order valence-corrected chi connectivity index (χ1v) is 10.3. The van der Waals surface area contributed by atoms with Crippen molar-refractivity contribution in [2.75, 3.05) is 24.6 Å². The van der Waals surface area contributed by atoms with Gasteiger partial charge in [-0.1, -0.05) is 23.5 Å². The maximum absolute atomic E-state index is 12.5. The van der Waals surface area contributed by atoms with Crippen molar-refractivity contribution in [1.82, 2.24) is 10.3 Å². The van der Waals surface area contributed by atoms with Gasteiger partial charge in [0.25, 0.3) is 5.91 Å². The molecule has 0 aliphatic carbocycles. The molecule has 3 aromatic rings. The summed E-state index contributed by atoms with van der Waals surface area (Å²) >= 11 is 3.03. The van der Waals surface area contributed by atoms with E-state index in [0.717, 1.165) is 33.3 Å². The molecule has 0 spiro atoms. The summed E-state index contributed by atoms with van der Waals surface area (Å²) in [7, 11) is 0. The van der Waals surface area contributed by atoms with Gasteiger partial charge in [-0.15, -0.1) is 11.3 Å². The molecule has 27 heavy (non-hydrogen) atoms. The Bertz CT molecular complexity index is 938. The van der Waals surface area contributed by atoms with Crippen LogP contribution in [0, 0.1) is 11.3 Å². The summed E-state index contributed by atoms with van der Waals surface area (Å²) in [5.41, 5.74) is 0.916. The number of thiazole rings is 1. The van der Waals surface area contributed by atoms with Gasteiger partial charge < -0.3 is 15.0 Å². The molecule has 0 unspecified atom stereocenters. The van der Waals surface area contributed by atoms with Gasteiger partial charge >= 0.3 is 0 Å². The predicted molar refractivity (Wildman–Crippen MR) is 110 cm³/mol. The van der Waals surface area contributed by atoms with E-state index in [1.54, 1.807) is 17.4 Å². The molecule has 0 saturated carbocycles. The quantitative estimate of drug-likeness (QED) is 0.617. The van der Waals surface area contributed by atoms with Gasteiger partial charge in [-0.3, -0.25) is 4.79 Å². The van der Waals surface area contributed by atoms with Gasteiger partial charge in [-0.2, -0.15) is 5.26 Å². The van der Waals surface area contributed by atoms with Gasteiger partial charge in [0.1, 0.15) is 16.6 Å². The van der Waals surface area contributed by atoms with Gasteiger partial charge in [0, 0.05) is 19.6 Å². The number of nitrogens with one attached hydrogen (secondary N) is 1. The fraction of sp³-hybridized carbons (Fsp3) is 0.316. The lowest BCUT2D eigenvalue weighted by Gasteiger charge is -2.16. The number of amides is 1. The Balaban J connectivity index is 1.64. The van der Waals surface area contributed by atoms with E-state index in [0.29, 0.717) is 17.2 Å². The van der Waals surface area contributed by atoms with E-state index in [9.17, 15) is 4.79 Å². The predicted octanol–water partition coefficient (Wildman–Crippen LogP) is 4.04. The molecule has 0 fully saturated rings. The number of hydrogen-bond donors (Lipinski definition) is 1. The van der Waals surface area contributed by atoms with Gasteiger partial charge in [0.05, 0.1) is 9.58 Å². The van der Waals surface area contributed by atoms with E-state index >= 15 is 0 Å². The van der Waals surface area contributed by atoms with Gasteiger partial charge in [-0.05, 0) is 37.6 Å². The Labute approximate surface area is 166 Å². The maximum Gasteiger partial charge on any atom is 0.261 e. The van der Waals surface area contributed by atoms with E-state index in [1.807, 2.05) is 30.3 Å². The lowest BCUT2D eigenvalue weighted by molar-refractivity contribution is 0.0955. The summed E-state index contributed by atoms with van der Waals surface area (Å²) in [6.07, 6.45) is 0.